The predicted octanol–water partition coefficient (Wildman–Crippen LogP) is 4.32. The van der Waals surface area contributed by atoms with Gasteiger partial charge in [-0.1, -0.05) is 12.1 Å². The summed E-state index contributed by atoms with van der Waals surface area (Å²) in [6.07, 6.45) is 10.8. The van der Waals surface area contributed by atoms with Crippen LogP contribution in [0.4, 0.5) is 5.82 Å². The molecule has 2 aromatic rings. The molecule has 0 bridgehead atoms. The van der Waals surface area contributed by atoms with E-state index in [2.05, 4.69) is 22.4 Å². The normalized spacial score (nSPS) is 23.1. The van der Waals surface area contributed by atoms with Crippen molar-refractivity contribution in [2.24, 2.45) is 0 Å². The number of likely N-dealkylation sites (tertiary alicyclic amines) is 1. The molecule has 3 aliphatic heterocycles. The lowest BCUT2D eigenvalue weighted by molar-refractivity contribution is -0.143. The maximum Gasteiger partial charge on any atom is 0.325 e. The molecule has 2 N–H and O–H groups in total. The molecule has 8 nitrogen and oxygen atoms in total. The lowest BCUT2D eigenvalue weighted by Gasteiger charge is -2.29. The van der Waals surface area contributed by atoms with Crippen molar-refractivity contribution in [3.8, 4) is 0 Å². The van der Waals surface area contributed by atoms with Gasteiger partial charge in [-0.05, 0) is 75.5 Å². The van der Waals surface area contributed by atoms with E-state index in [1.54, 1.807) is 6.20 Å². The van der Waals surface area contributed by atoms with Crippen molar-refractivity contribution in [1.82, 2.24) is 14.9 Å². The number of carboxylic acids is 1. The molecule has 0 saturated carbocycles. The summed E-state index contributed by atoms with van der Waals surface area (Å²) in [5.74, 6) is 0.216. The molecule has 0 amide bonds. The molecular weight excluding hydrogens is 456 g/mol. The molecule has 3 aliphatic rings. The number of hydrogen-bond donors (Lipinski definition) is 2. The monoisotopic (exact) mass is 494 g/mol. The second kappa shape index (κ2) is 12.1. The Kier molecular flexibility index (Phi) is 8.46. The minimum Gasteiger partial charge on any atom is -0.480 e. The van der Waals surface area contributed by atoms with Gasteiger partial charge in [0.15, 0.2) is 0 Å². The van der Waals surface area contributed by atoms with E-state index in [9.17, 15) is 9.90 Å². The molecular formula is C28H38N4O4. The fourth-order valence-electron chi connectivity index (χ4n) is 5.66. The number of fused-ring (bicyclic) bond motifs is 1. The minimum atomic E-state index is -0.840. The number of pyridine rings is 2. The molecule has 2 aromatic heterocycles. The first-order chi connectivity index (χ1) is 17.7. The molecule has 0 aliphatic carbocycles. The van der Waals surface area contributed by atoms with Gasteiger partial charge in [0, 0.05) is 50.3 Å². The van der Waals surface area contributed by atoms with Crippen molar-refractivity contribution in [1.29, 1.82) is 0 Å². The van der Waals surface area contributed by atoms with E-state index in [1.807, 2.05) is 17.0 Å². The summed E-state index contributed by atoms with van der Waals surface area (Å²) in [6, 6.07) is 7.36. The first-order valence-corrected chi connectivity index (χ1v) is 13.6. The largest absolute Gasteiger partial charge is 0.480 e. The number of aliphatic carboxylic acids is 1. The third-order valence-corrected chi connectivity index (χ3v) is 7.56. The Morgan fingerprint density at radius 1 is 1.22 bits per heavy atom. The van der Waals surface area contributed by atoms with Gasteiger partial charge in [0.1, 0.15) is 11.9 Å². The van der Waals surface area contributed by atoms with E-state index in [0.29, 0.717) is 26.3 Å². The highest BCUT2D eigenvalue weighted by Gasteiger charge is 2.37. The summed E-state index contributed by atoms with van der Waals surface area (Å²) in [5, 5.41) is 13.6. The Balaban J connectivity index is 1.11. The topological polar surface area (TPSA) is 96.8 Å². The fourth-order valence-corrected chi connectivity index (χ4v) is 5.66. The summed E-state index contributed by atoms with van der Waals surface area (Å²) < 4.78 is 12.1. The number of nitrogens with zero attached hydrogens (tertiary/aromatic N) is 3. The number of unbranched alkanes of at least 4 members (excludes halogenated alkanes) is 1. The van der Waals surface area contributed by atoms with Crippen molar-refractivity contribution < 1.29 is 19.4 Å². The quantitative estimate of drug-likeness (QED) is 0.472. The third-order valence-electron chi connectivity index (χ3n) is 7.56. The van der Waals surface area contributed by atoms with Crippen LogP contribution in [0.5, 0.6) is 0 Å². The number of nitrogens with one attached hydrogen (secondary N) is 1. The molecule has 194 valence electrons. The van der Waals surface area contributed by atoms with Gasteiger partial charge in [0.05, 0.1) is 17.9 Å². The number of aryl methyl sites for hydroxylation is 2. The van der Waals surface area contributed by atoms with Gasteiger partial charge in [-0.2, -0.15) is 0 Å². The van der Waals surface area contributed by atoms with Crippen LogP contribution >= 0.6 is 0 Å². The van der Waals surface area contributed by atoms with Crippen molar-refractivity contribution in [3.63, 3.8) is 0 Å². The molecule has 8 heteroatoms. The Morgan fingerprint density at radius 2 is 2.17 bits per heavy atom. The van der Waals surface area contributed by atoms with Crippen LogP contribution in [0.1, 0.15) is 79.6 Å². The second-order valence-corrected chi connectivity index (χ2v) is 10.1. The Morgan fingerprint density at radius 3 is 3.03 bits per heavy atom. The molecule has 2 unspecified atom stereocenters. The van der Waals surface area contributed by atoms with Crippen molar-refractivity contribution in [3.05, 3.63) is 53.0 Å². The van der Waals surface area contributed by atoms with Crippen LogP contribution in [0.3, 0.4) is 0 Å². The summed E-state index contributed by atoms with van der Waals surface area (Å²) in [7, 11) is 0. The zero-order valence-corrected chi connectivity index (χ0v) is 21.0. The van der Waals surface area contributed by atoms with E-state index in [1.165, 1.54) is 12.0 Å². The van der Waals surface area contributed by atoms with Gasteiger partial charge in [-0.25, -0.2) is 4.98 Å². The van der Waals surface area contributed by atoms with E-state index in [0.717, 1.165) is 80.7 Å². The van der Waals surface area contributed by atoms with Crippen LogP contribution in [-0.2, 0) is 27.1 Å². The lowest BCUT2D eigenvalue weighted by Crippen LogP contribution is -2.35. The second-order valence-electron chi connectivity index (χ2n) is 10.1. The highest BCUT2D eigenvalue weighted by molar-refractivity contribution is 5.76. The molecule has 0 aromatic carbocycles. The summed E-state index contributed by atoms with van der Waals surface area (Å²) in [5.41, 5.74) is 3.99. The minimum absolute atomic E-state index is 0.0592. The highest BCUT2D eigenvalue weighted by Crippen LogP contribution is 2.35. The molecule has 2 saturated heterocycles. The Labute approximate surface area is 213 Å². The summed E-state index contributed by atoms with van der Waals surface area (Å²) in [6.45, 7) is 3.72. The first kappa shape index (κ1) is 25.1. The SMILES string of the molecule is O=C(O)C(c1cccnc1C1CCCCO1)N1CC[C@@H](OCCCCc2ccc3c(n2)NCCC3)C1. The van der Waals surface area contributed by atoms with Crippen molar-refractivity contribution in [2.45, 2.75) is 76.0 Å². The number of carboxylic acid groups (broad SMARTS) is 1. The van der Waals surface area contributed by atoms with Gasteiger partial charge in [0.2, 0.25) is 0 Å². The average Bonchev–Trinajstić information content (AvgIpc) is 3.37. The van der Waals surface area contributed by atoms with Crippen LogP contribution in [-0.4, -0.2) is 64.9 Å². The maximum atomic E-state index is 12.4. The number of ether oxygens (including phenoxy) is 2. The number of carbonyl (C=O) groups is 1. The van der Waals surface area contributed by atoms with Crippen molar-refractivity contribution >= 4 is 11.8 Å². The van der Waals surface area contributed by atoms with Gasteiger partial charge in [-0.15, -0.1) is 0 Å². The number of hydrogen-bond acceptors (Lipinski definition) is 7. The first-order valence-electron chi connectivity index (χ1n) is 13.6. The summed E-state index contributed by atoms with van der Waals surface area (Å²) in [4.78, 5) is 23.8. The number of aromatic nitrogens is 2. The molecule has 2 fully saturated rings. The molecule has 0 radical (unpaired) electrons. The zero-order valence-electron chi connectivity index (χ0n) is 21.0. The van der Waals surface area contributed by atoms with Crippen LogP contribution in [0.2, 0.25) is 0 Å². The Hall–Kier alpha value is -2.55. The van der Waals surface area contributed by atoms with Gasteiger partial charge < -0.3 is 19.9 Å². The van der Waals surface area contributed by atoms with Crippen LogP contribution in [0, 0.1) is 0 Å². The van der Waals surface area contributed by atoms with E-state index < -0.39 is 12.0 Å². The highest BCUT2D eigenvalue weighted by atomic mass is 16.5. The van der Waals surface area contributed by atoms with E-state index in [-0.39, 0.29) is 12.2 Å². The van der Waals surface area contributed by atoms with E-state index in [4.69, 9.17) is 14.5 Å². The molecule has 0 spiro atoms. The predicted molar refractivity (Wildman–Crippen MR) is 137 cm³/mol. The smallest absolute Gasteiger partial charge is 0.325 e. The van der Waals surface area contributed by atoms with Gasteiger partial charge in [0.25, 0.3) is 0 Å². The number of anilines is 1. The third kappa shape index (κ3) is 6.05. The van der Waals surface area contributed by atoms with Gasteiger partial charge >= 0.3 is 5.97 Å². The molecule has 5 heterocycles. The molecule has 5 rings (SSSR count). The lowest BCUT2D eigenvalue weighted by atomic mass is 9.97. The van der Waals surface area contributed by atoms with Gasteiger partial charge in [-0.3, -0.25) is 14.7 Å². The standard InChI is InChI=1S/C28H38N4O4/c33-28(34)26(23-9-6-14-29-25(23)24-10-2-4-18-36-24)32-16-13-22(19-32)35-17-3-1-8-21-12-11-20-7-5-15-30-27(20)31-21/h6,9,11-12,14,22,24,26H,1-5,7-8,10,13,15-19H2,(H,30,31)(H,33,34)/t22-,24?,26?/m1/s1. The van der Waals surface area contributed by atoms with Crippen LogP contribution in [0.15, 0.2) is 30.5 Å². The Bertz CT molecular complexity index is 1030. The van der Waals surface area contributed by atoms with E-state index >= 15 is 0 Å². The number of rotatable bonds is 10. The van der Waals surface area contributed by atoms with Crippen molar-refractivity contribution in [2.75, 3.05) is 38.2 Å². The molecule has 36 heavy (non-hydrogen) atoms. The maximum absolute atomic E-state index is 12.4. The average molecular weight is 495 g/mol. The fraction of sp³-hybridized carbons (Fsp3) is 0.607. The van der Waals surface area contributed by atoms with Crippen LogP contribution < -0.4 is 5.32 Å². The molecule has 3 atom stereocenters. The summed E-state index contributed by atoms with van der Waals surface area (Å²) >= 11 is 0. The van der Waals surface area contributed by atoms with Crippen LogP contribution in [0.25, 0.3) is 0 Å². The zero-order chi connectivity index (χ0) is 24.7.